The van der Waals surface area contributed by atoms with E-state index in [9.17, 15) is 4.79 Å². The van der Waals surface area contributed by atoms with E-state index in [4.69, 9.17) is 10.5 Å². The smallest absolute Gasteiger partial charge is 0.323 e. The van der Waals surface area contributed by atoms with Crippen LogP contribution in [0.1, 0.15) is 44.9 Å². The second-order valence-electron chi connectivity index (χ2n) is 5.00. The molecule has 1 atom stereocenters. The van der Waals surface area contributed by atoms with Crippen LogP contribution >= 0.6 is 0 Å². The van der Waals surface area contributed by atoms with Crippen LogP contribution in [0.25, 0.3) is 0 Å². The highest BCUT2D eigenvalue weighted by Crippen LogP contribution is 2.30. The lowest BCUT2D eigenvalue weighted by Gasteiger charge is -2.25. The van der Waals surface area contributed by atoms with Gasteiger partial charge in [-0.15, -0.1) is 0 Å². The summed E-state index contributed by atoms with van der Waals surface area (Å²) < 4.78 is 5.22. The van der Waals surface area contributed by atoms with Crippen LogP contribution in [0.5, 0.6) is 0 Å². The molecule has 2 fully saturated rings. The quantitative estimate of drug-likeness (QED) is 0.722. The molecule has 2 saturated carbocycles. The summed E-state index contributed by atoms with van der Waals surface area (Å²) in [5.74, 6) is 0.826. The third-order valence-electron chi connectivity index (χ3n) is 3.59. The van der Waals surface area contributed by atoms with Crippen molar-refractivity contribution in [3.05, 3.63) is 0 Å². The highest BCUT2D eigenvalue weighted by Gasteiger charge is 2.29. The zero-order valence-electron chi connectivity index (χ0n) is 9.28. The van der Waals surface area contributed by atoms with Crippen molar-refractivity contribution in [2.75, 3.05) is 6.61 Å². The lowest BCUT2D eigenvalue weighted by Crippen LogP contribution is -2.40. The fourth-order valence-electron chi connectivity index (χ4n) is 2.27. The van der Waals surface area contributed by atoms with E-state index in [0.29, 0.717) is 18.4 Å². The molecule has 0 saturated heterocycles. The molecule has 0 radical (unpaired) electrons. The van der Waals surface area contributed by atoms with Gasteiger partial charge in [-0.05, 0) is 37.5 Å². The van der Waals surface area contributed by atoms with Crippen molar-refractivity contribution in [3.8, 4) is 0 Å². The first-order valence-corrected chi connectivity index (χ1v) is 6.19. The molecule has 0 amide bonds. The number of ether oxygens (including phenoxy) is 1. The number of nitrogens with two attached hydrogens (primary N) is 1. The maximum atomic E-state index is 11.6. The molecule has 2 N–H and O–H groups in total. The van der Waals surface area contributed by atoms with E-state index in [-0.39, 0.29) is 12.0 Å². The van der Waals surface area contributed by atoms with Crippen LogP contribution in [0.2, 0.25) is 0 Å². The molecule has 15 heavy (non-hydrogen) atoms. The Kier molecular flexibility index (Phi) is 3.62. The zero-order chi connectivity index (χ0) is 10.7. The van der Waals surface area contributed by atoms with Gasteiger partial charge in [-0.1, -0.05) is 19.3 Å². The lowest BCUT2D eigenvalue weighted by molar-refractivity contribution is -0.147. The predicted molar refractivity (Wildman–Crippen MR) is 58.2 cm³/mol. The Labute approximate surface area is 91.4 Å². The van der Waals surface area contributed by atoms with Gasteiger partial charge in [0.1, 0.15) is 6.04 Å². The molecular formula is C12H21NO2. The predicted octanol–water partition coefficient (Wildman–Crippen LogP) is 1.85. The molecular weight excluding hydrogens is 190 g/mol. The molecule has 3 nitrogen and oxygen atoms in total. The number of esters is 1. The van der Waals surface area contributed by atoms with E-state index in [1.165, 1.54) is 32.1 Å². The molecule has 3 heteroatoms. The lowest BCUT2D eigenvalue weighted by atomic mass is 9.84. The van der Waals surface area contributed by atoms with Gasteiger partial charge in [0.25, 0.3) is 0 Å². The molecule has 0 aromatic carbocycles. The molecule has 86 valence electrons. The summed E-state index contributed by atoms with van der Waals surface area (Å²) in [4.78, 5) is 11.6. The van der Waals surface area contributed by atoms with Crippen LogP contribution in [0, 0.1) is 11.8 Å². The third-order valence-corrected chi connectivity index (χ3v) is 3.59. The van der Waals surface area contributed by atoms with E-state index in [1.807, 2.05) is 0 Å². The zero-order valence-corrected chi connectivity index (χ0v) is 9.28. The van der Waals surface area contributed by atoms with Crippen LogP contribution in [-0.2, 0) is 9.53 Å². The molecule has 0 aromatic heterocycles. The minimum absolute atomic E-state index is 0.172. The van der Waals surface area contributed by atoms with Crippen molar-refractivity contribution in [1.29, 1.82) is 0 Å². The highest BCUT2D eigenvalue weighted by molar-refractivity contribution is 5.75. The first-order valence-electron chi connectivity index (χ1n) is 6.19. The van der Waals surface area contributed by atoms with Crippen molar-refractivity contribution < 1.29 is 9.53 Å². The molecule has 1 unspecified atom stereocenters. The van der Waals surface area contributed by atoms with Crippen molar-refractivity contribution >= 4 is 5.97 Å². The molecule has 0 aromatic rings. The molecule has 2 aliphatic carbocycles. The first-order chi connectivity index (χ1) is 7.27. The van der Waals surface area contributed by atoms with Gasteiger partial charge in [0.05, 0.1) is 6.61 Å². The largest absolute Gasteiger partial charge is 0.464 e. The van der Waals surface area contributed by atoms with Crippen LogP contribution in [0.4, 0.5) is 0 Å². The van der Waals surface area contributed by atoms with Crippen LogP contribution in [-0.4, -0.2) is 18.6 Å². The number of hydrogen-bond acceptors (Lipinski definition) is 3. The van der Waals surface area contributed by atoms with Crippen LogP contribution in [0.15, 0.2) is 0 Å². The number of hydrogen-bond donors (Lipinski definition) is 1. The van der Waals surface area contributed by atoms with Gasteiger partial charge in [-0.3, -0.25) is 4.79 Å². The summed E-state index contributed by atoms with van der Waals surface area (Å²) in [5, 5.41) is 0. The summed E-state index contributed by atoms with van der Waals surface area (Å²) in [6.07, 6.45) is 8.35. The van der Waals surface area contributed by atoms with Gasteiger partial charge < -0.3 is 10.5 Å². The molecule has 2 rings (SSSR count). The topological polar surface area (TPSA) is 52.3 Å². The standard InChI is InChI=1S/C12H21NO2/c13-11(10-4-2-1-3-5-10)12(14)15-8-9-6-7-9/h9-11H,1-8,13H2. The Hall–Kier alpha value is -0.570. The number of rotatable bonds is 4. The van der Waals surface area contributed by atoms with Crippen LogP contribution in [0.3, 0.4) is 0 Å². The Balaban J connectivity index is 1.71. The minimum Gasteiger partial charge on any atom is -0.464 e. The molecule has 0 aliphatic heterocycles. The van der Waals surface area contributed by atoms with Crippen molar-refractivity contribution in [2.24, 2.45) is 17.6 Å². The first kappa shape index (κ1) is 10.9. The average molecular weight is 211 g/mol. The van der Waals surface area contributed by atoms with Gasteiger partial charge in [0.2, 0.25) is 0 Å². The second-order valence-corrected chi connectivity index (χ2v) is 5.00. The molecule has 0 spiro atoms. The van der Waals surface area contributed by atoms with Gasteiger partial charge in [-0.2, -0.15) is 0 Å². The fraction of sp³-hybridized carbons (Fsp3) is 0.917. The Morgan fingerprint density at radius 2 is 1.87 bits per heavy atom. The van der Waals surface area contributed by atoms with E-state index in [2.05, 4.69) is 0 Å². The summed E-state index contributed by atoms with van der Waals surface area (Å²) >= 11 is 0. The maximum Gasteiger partial charge on any atom is 0.323 e. The van der Waals surface area contributed by atoms with Crippen LogP contribution < -0.4 is 5.73 Å². The Morgan fingerprint density at radius 3 is 2.47 bits per heavy atom. The van der Waals surface area contributed by atoms with Crippen molar-refractivity contribution in [1.82, 2.24) is 0 Å². The second kappa shape index (κ2) is 4.97. The normalized spacial score (nSPS) is 24.9. The number of carbonyl (C=O) groups excluding carboxylic acids is 1. The van der Waals surface area contributed by atoms with Gasteiger partial charge in [0, 0.05) is 0 Å². The SMILES string of the molecule is NC(C(=O)OCC1CC1)C1CCCCC1. The molecule has 0 bridgehead atoms. The summed E-state index contributed by atoms with van der Waals surface area (Å²) in [6, 6.07) is -0.371. The average Bonchev–Trinajstić information content (AvgIpc) is 3.10. The van der Waals surface area contributed by atoms with Gasteiger partial charge in [0.15, 0.2) is 0 Å². The van der Waals surface area contributed by atoms with Crippen molar-refractivity contribution in [3.63, 3.8) is 0 Å². The third kappa shape index (κ3) is 3.20. The fourth-order valence-corrected chi connectivity index (χ4v) is 2.27. The summed E-state index contributed by atoms with van der Waals surface area (Å²) in [5.41, 5.74) is 5.92. The molecule has 0 heterocycles. The van der Waals surface area contributed by atoms with E-state index in [0.717, 1.165) is 12.8 Å². The maximum absolute atomic E-state index is 11.6. The van der Waals surface area contributed by atoms with E-state index < -0.39 is 0 Å². The Morgan fingerprint density at radius 1 is 1.20 bits per heavy atom. The monoisotopic (exact) mass is 211 g/mol. The highest BCUT2D eigenvalue weighted by atomic mass is 16.5. The number of carbonyl (C=O) groups is 1. The summed E-state index contributed by atoms with van der Waals surface area (Å²) in [7, 11) is 0. The Bertz CT molecular complexity index is 220. The van der Waals surface area contributed by atoms with Gasteiger partial charge in [-0.25, -0.2) is 0 Å². The van der Waals surface area contributed by atoms with E-state index in [1.54, 1.807) is 0 Å². The summed E-state index contributed by atoms with van der Waals surface area (Å²) in [6.45, 7) is 0.596. The van der Waals surface area contributed by atoms with E-state index >= 15 is 0 Å². The minimum atomic E-state index is -0.371. The van der Waals surface area contributed by atoms with Crippen molar-refractivity contribution in [2.45, 2.75) is 51.0 Å². The molecule has 2 aliphatic rings. The van der Waals surface area contributed by atoms with Gasteiger partial charge >= 0.3 is 5.97 Å².